The van der Waals surface area contributed by atoms with E-state index in [-0.39, 0.29) is 17.4 Å². The number of aromatic amines is 1. The van der Waals surface area contributed by atoms with E-state index in [9.17, 15) is 14.9 Å². The molecule has 2 rings (SSSR count). The summed E-state index contributed by atoms with van der Waals surface area (Å²) in [6, 6.07) is -0.101. The lowest BCUT2D eigenvalue weighted by Gasteiger charge is -2.36. The predicted octanol–water partition coefficient (Wildman–Crippen LogP) is 1.98. The number of aryl methyl sites for hydroxylation is 1. The first kappa shape index (κ1) is 18.4. The summed E-state index contributed by atoms with van der Waals surface area (Å²) in [5, 5.41) is 20.5. The lowest BCUT2D eigenvalue weighted by molar-refractivity contribution is -0.385. The van der Waals surface area contributed by atoms with Gasteiger partial charge in [-0.1, -0.05) is 20.8 Å². The van der Waals surface area contributed by atoms with Crippen LogP contribution in [0.1, 0.15) is 50.3 Å². The molecule has 0 aliphatic carbocycles. The fourth-order valence-electron chi connectivity index (χ4n) is 3.64. The van der Waals surface area contributed by atoms with E-state index in [0.29, 0.717) is 24.0 Å². The van der Waals surface area contributed by atoms with Crippen molar-refractivity contribution in [1.29, 1.82) is 0 Å². The van der Waals surface area contributed by atoms with E-state index in [1.54, 1.807) is 6.92 Å². The molecule has 2 heterocycles. The average molecular weight is 337 g/mol. The number of hydrogen-bond acceptors (Lipinski definition) is 5. The second-order valence-corrected chi connectivity index (χ2v) is 7.05. The molecule has 0 saturated carbocycles. The van der Waals surface area contributed by atoms with E-state index in [2.05, 4.69) is 34.3 Å². The molecule has 1 aliphatic heterocycles. The van der Waals surface area contributed by atoms with Crippen LogP contribution in [0.2, 0.25) is 0 Å². The monoisotopic (exact) mass is 337 g/mol. The number of nitrogens with one attached hydrogen (secondary N) is 2. The van der Waals surface area contributed by atoms with Gasteiger partial charge in [-0.2, -0.15) is 5.10 Å². The van der Waals surface area contributed by atoms with E-state index in [0.717, 1.165) is 19.6 Å². The van der Waals surface area contributed by atoms with Crippen LogP contribution in [0.4, 0.5) is 5.69 Å². The van der Waals surface area contributed by atoms with Crippen LogP contribution in [0, 0.1) is 22.0 Å². The molecule has 1 aromatic heterocycles. The Labute approximate surface area is 142 Å². The Balaban J connectivity index is 1.99. The van der Waals surface area contributed by atoms with E-state index in [4.69, 9.17) is 0 Å². The third-order valence-corrected chi connectivity index (χ3v) is 4.42. The summed E-state index contributed by atoms with van der Waals surface area (Å²) in [6.45, 7) is 11.0. The first-order valence-corrected chi connectivity index (χ1v) is 8.56. The van der Waals surface area contributed by atoms with Crippen LogP contribution < -0.4 is 5.32 Å². The Morgan fingerprint density at radius 2 is 2.08 bits per heavy atom. The SMILES string of the molecule is CCc1[nH]nc(C(=O)N[C@H](C)CN2C[C@H](C)C[C@H](C)C2)c1[N+](=O)[O-]. The zero-order valence-electron chi connectivity index (χ0n) is 14.8. The maximum Gasteiger partial charge on any atom is 0.322 e. The summed E-state index contributed by atoms with van der Waals surface area (Å²) >= 11 is 0. The van der Waals surface area contributed by atoms with E-state index < -0.39 is 10.8 Å². The molecule has 8 nitrogen and oxygen atoms in total. The maximum atomic E-state index is 12.4. The van der Waals surface area contributed by atoms with Crippen molar-refractivity contribution in [3.8, 4) is 0 Å². The minimum Gasteiger partial charge on any atom is -0.347 e. The molecule has 0 unspecified atom stereocenters. The van der Waals surface area contributed by atoms with Crippen LogP contribution in [-0.2, 0) is 6.42 Å². The van der Waals surface area contributed by atoms with Crippen LogP contribution in [0.5, 0.6) is 0 Å². The number of amides is 1. The summed E-state index contributed by atoms with van der Waals surface area (Å²) in [6.07, 6.45) is 1.66. The number of hydrogen-bond donors (Lipinski definition) is 2. The van der Waals surface area contributed by atoms with Crippen molar-refractivity contribution in [2.45, 2.75) is 46.6 Å². The van der Waals surface area contributed by atoms with Gasteiger partial charge in [-0.15, -0.1) is 0 Å². The highest BCUT2D eigenvalue weighted by molar-refractivity contribution is 5.96. The van der Waals surface area contributed by atoms with Gasteiger partial charge in [0.15, 0.2) is 0 Å². The van der Waals surface area contributed by atoms with Crippen molar-refractivity contribution >= 4 is 11.6 Å². The first-order valence-electron chi connectivity index (χ1n) is 8.56. The van der Waals surface area contributed by atoms with Gasteiger partial charge < -0.3 is 10.2 Å². The molecule has 8 heteroatoms. The smallest absolute Gasteiger partial charge is 0.322 e. The number of piperidine rings is 1. The third kappa shape index (κ3) is 4.31. The van der Waals surface area contributed by atoms with Crippen molar-refractivity contribution < 1.29 is 9.72 Å². The van der Waals surface area contributed by atoms with E-state index in [1.165, 1.54) is 6.42 Å². The van der Waals surface area contributed by atoms with Gasteiger partial charge in [-0.25, -0.2) is 0 Å². The Kier molecular flexibility index (Phi) is 5.93. The van der Waals surface area contributed by atoms with Gasteiger partial charge in [0.25, 0.3) is 5.91 Å². The summed E-state index contributed by atoms with van der Waals surface area (Å²) in [4.78, 5) is 25.4. The van der Waals surface area contributed by atoms with Crippen LogP contribution in [0.25, 0.3) is 0 Å². The van der Waals surface area contributed by atoms with E-state index in [1.807, 2.05) is 6.92 Å². The fraction of sp³-hybridized carbons (Fsp3) is 0.750. The topological polar surface area (TPSA) is 104 Å². The van der Waals surface area contributed by atoms with Crippen LogP contribution in [0.3, 0.4) is 0 Å². The number of nitrogens with zero attached hydrogens (tertiary/aromatic N) is 3. The maximum absolute atomic E-state index is 12.4. The first-order chi connectivity index (χ1) is 11.3. The lowest BCUT2D eigenvalue weighted by Crippen LogP contribution is -2.47. The normalized spacial score (nSPS) is 23.0. The molecule has 134 valence electrons. The highest BCUT2D eigenvalue weighted by Crippen LogP contribution is 2.22. The Hall–Kier alpha value is -1.96. The van der Waals surface area contributed by atoms with Gasteiger partial charge in [0.1, 0.15) is 5.69 Å². The van der Waals surface area contributed by atoms with Crippen molar-refractivity contribution in [2.75, 3.05) is 19.6 Å². The number of carbonyl (C=O) groups is 1. The molecule has 0 aromatic carbocycles. The van der Waals surface area contributed by atoms with Crippen LogP contribution in [0.15, 0.2) is 0 Å². The molecule has 0 radical (unpaired) electrons. The number of nitro groups is 1. The second kappa shape index (κ2) is 7.74. The van der Waals surface area contributed by atoms with E-state index >= 15 is 0 Å². The molecule has 1 amide bonds. The quantitative estimate of drug-likeness (QED) is 0.610. The van der Waals surface area contributed by atoms with Gasteiger partial charge in [-0.3, -0.25) is 20.0 Å². The molecule has 1 fully saturated rings. The Morgan fingerprint density at radius 3 is 2.62 bits per heavy atom. The molecule has 1 aliphatic rings. The molecule has 3 atom stereocenters. The highest BCUT2D eigenvalue weighted by Gasteiger charge is 2.29. The van der Waals surface area contributed by atoms with Gasteiger partial charge in [0.05, 0.1) is 4.92 Å². The highest BCUT2D eigenvalue weighted by atomic mass is 16.6. The minimum atomic E-state index is -0.546. The molecule has 24 heavy (non-hydrogen) atoms. The summed E-state index contributed by atoms with van der Waals surface area (Å²) in [5.41, 5.74) is 0.0166. The van der Waals surface area contributed by atoms with Crippen molar-refractivity contribution in [2.24, 2.45) is 11.8 Å². The predicted molar refractivity (Wildman–Crippen MR) is 90.9 cm³/mol. The Bertz CT molecular complexity index is 591. The number of likely N-dealkylation sites (tertiary alicyclic amines) is 1. The number of carbonyl (C=O) groups excluding carboxylic acids is 1. The molecule has 0 spiro atoms. The molecule has 1 aromatic rings. The van der Waals surface area contributed by atoms with Crippen molar-refractivity contribution in [1.82, 2.24) is 20.4 Å². The van der Waals surface area contributed by atoms with Gasteiger partial charge >= 0.3 is 5.69 Å². The molecule has 1 saturated heterocycles. The summed E-state index contributed by atoms with van der Waals surface area (Å²) in [5.74, 6) is 0.802. The standard InChI is InChI=1S/C16H27N5O3/c1-5-13-15(21(23)24)14(19-18-13)16(22)17-12(4)9-20-7-10(2)6-11(3)8-20/h10-12H,5-9H2,1-4H3,(H,17,22)(H,18,19)/t10-,11+,12-/m1/s1. The molecule has 0 bridgehead atoms. The van der Waals surface area contributed by atoms with Crippen LogP contribution in [-0.4, -0.2) is 51.6 Å². The minimum absolute atomic E-state index is 0.101. The second-order valence-electron chi connectivity index (χ2n) is 7.05. The molecular formula is C16H27N5O3. The number of rotatable bonds is 6. The van der Waals surface area contributed by atoms with Crippen molar-refractivity contribution in [3.05, 3.63) is 21.5 Å². The zero-order valence-corrected chi connectivity index (χ0v) is 14.8. The number of H-pyrrole nitrogens is 1. The Morgan fingerprint density at radius 1 is 1.46 bits per heavy atom. The molecule has 2 N–H and O–H groups in total. The summed E-state index contributed by atoms with van der Waals surface area (Å²) < 4.78 is 0. The number of aromatic nitrogens is 2. The van der Waals surface area contributed by atoms with Crippen molar-refractivity contribution in [3.63, 3.8) is 0 Å². The largest absolute Gasteiger partial charge is 0.347 e. The average Bonchev–Trinajstić information content (AvgIpc) is 2.89. The molecular weight excluding hydrogens is 310 g/mol. The third-order valence-electron chi connectivity index (χ3n) is 4.42. The summed E-state index contributed by atoms with van der Waals surface area (Å²) in [7, 11) is 0. The van der Waals surface area contributed by atoms with Gasteiger partial charge in [0.2, 0.25) is 5.69 Å². The van der Waals surface area contributed by atoms with Gasteiger partial charge in [-0.05, 0) is 31.6 Å². The van der Waals surface area contributed by atoms with Gasteiger partial charge in [0, 0.05) is 25.7 Å². The lowest BCUT2D eigenvalue weighted by atomic mass is 9.92. The van der Waals surface area contributed by atoms with Crippen LogP contribution >= 0.6 is 0 Å². The fourth-order valence-corrected chi connectivity index (χ4v) is 3.64. The zero-order chi connectivity index (χ0) is 17.9.